The Hall–Kier alpha value is 0.420. The second-order valence-electron chi connectivity index (χ2n) is 0.989. The average Bonchev–Trinajstić information content (AvgIpc) is 1.68. The zero-order chi connectivity index (χ0) is 5.91. The molecule has 0 aliphatic carbocycles. The molecule has 0 aliphatic heterocycles. The van der Waals surface area contributed by atoms with Crippen LogP contribution in [0.25, 0.3) is 0 Å². The van der Waals surface area contributed by atoms with Crippen LogP contribution in [0.3, 0.4) is 0 Å². The first-order valence-corrected chi connectivity index (χ1v) is 5.53. The van der Waals surface area contributed by atoms with Crippen molar-refractivity contribution in [3.05, 3.63) is 24.8 Å². The van der Waals surface area contributed by atoms with Gasteiger partial charge in [0, 0.05) is 0 Å². The Morgan fingerprint density at radius 3 is 1.71 bits per heavy atom. The highest BCUT2D eigenvalue weighted by atomic mass is 35.7. The van der Waals surface area contributed by atoms with Crippen LogP contribution in [-0.4, -0.2) is 0 Å². The first-order valence-electron chi connectivity index (χ1n) is 1.68. The van der Waals surface area contributed by atoms with Crippen molar-refractivity contribution in [1.29, 1.82) is 0 Å². The smallest absolute Gasteiger partial charge is 0.0782 e. The molecule has 0 amide bonds. The highest BCUT2D eigenvalue weighted by Gasteiger charge is 1.96. The summed E-state index contributed by atoms with van der Waals surface area (Å²) in [4.78, 5) is 0. The third-order valence-corrected chi connectivity index (χ3v) is 3.22. The van der Waals surface area contributed by atoms with E-state index >= 15 is 0 Å². The molecular weight excluding hydrogens is 147 g/mol. The first-order chi connectivity index (χ1) is 3.12. The van der Waals surface area contributed by atoms with Gasteiger partial charge >= 0.3 is 0 Å². The fraction of sp³-hybridized carbons (Fsp3) is 0. The highest BCUT2D eigenvalue weighted by molar-refractivity contribution is 8.30. The molecule has 0 spiro atoms. The van der Waals surface area contributed by atoms with Gasteiger partial charge in [-0.2, -0.15) is 0 Å². The van der Waals surface area contributed by atoms with Crippen molar-refractivity contribution < 1.29 is 0 Å². The Morgan fingerprint density at radius 2 is 1.71 bits per heavy atom. The van der Waals surface area contributed by atoms with Crippen LogP contribution in [0.1, 0.15) is 0 Å². The van der Waals surface area contributed by atoms with Crippen LogP contribution >= 0.6 is 16.6 Å². The lowest BCUT2D eigenvalue weighted by Crippen LogP contribution is -1.47. The summed E-state index contributed by atoms with van der Waals surface area (Å²) in [7, 11) is 0. The monoisotopic (exact) mass is 152 g/mol. The summed E-state index contributed by atoms with van der Waals surface area (Å²) in [6, 6.07) is 0. The molecule has 0 radical (unpaired) electrons. The SMILES string of the molecule is C=CP(=S)(Cl)C=C. The second kappa shape index (κ2) is 2.66. The van der Waals surface area contributed by atoms with Crippen molar-refractivity contribution in [3.63, 3.8) is 0 Å². The van der Waals surface area contributed by atoms with E-state index in [9.17, 15) is 0 Å². The zero-order valence-corrected chi connectivity index (χ0v) is 6.27. The predicted octanol–water partition coefficient (Wildman–Crippen LogP) is 2.91. The van der Waals surface area contributed by atoms with E-state index in [1.165, 1.54) is 0 Å². The van der Waals surface area contributed by atoms with Crippen molar-refractivity contribution in [1.82, 2.24) is 0 Å². The highest BCUT2D eigenvalue weighted by Crippen LogP contribution is 2.53. The maximum atomic E-state index is 5.59. The van der Waals surface area contributed by atoms with Gasteiger partial charge in [-0.05, 0) is 11.6 Å². The van der Waals surface area contributed by atoms with Gasteiger partial charge in [-0.25, -0.2) is 0 Å². The van der Waals surface area contributed by atoms with E-state index in [4.69, 9.17) is 23.0 Å². The number of halogens is 1. The summed E-state index contributed by atoms with van der Waals surface area (Å²) in [6.45, 7) is 6.89. The molecule has 40 valence electrons. The maximum absolute atomic E-state index is 5.59. The molecule has 0 N–H and O–H groups in total. The van der Waals surface area contributed by atoms with Crippen molar-refractivity contribution in [2.75, 3.05) is 0 Å². The van der Waals surface area contributed by atoms with Crippen molar-refractivity contribution >= 4 is 28.4 Å². The summed E-state index contributed by atoms with van der Waals surface area (Å²) in [5.74, 6) is 3.13. The summed E-state index contributed by atoms with van der Waals surface area (Å²) >= 11 is 10.4. The van der Waals surface area contributed by atoms with Gasteiger partial charge in [0.05, 0.1) is 5.39 Å². The fourth-order valence-electron chi connectivity index (χ4n) is 0.0745. The van der Waals surface area contributed by atoms with E-state index < -0.39 is 5.39 Å². The molecule has 0 unspecified atom stereocenters. The lowest BCUT2D eigenvalue weighted by atomic mass is 11.3. The third-order valence-electron chi connectivity index (χ3n) is 0.498. The van der Waals surface area contributed by atoms with Crippen LogP contribution in [0.5, 0.6) is 0 Å². The van der Waals surface area contributed by atoms with E-state index in [1.807, 2.05) is 0 Å². The van der Waals surface area contributed by atoms with Crippen molar-refractivity contribution in [2.45, 2.75) is 0 Å². The van der Waals surface area contributed by atoms with E-state index in [2.05, 4.69) is 13.2 Å². The van der Waals surface area contributed by atoms with Gasteiger partial charge in [0.1, 0.15) is 0 Å². The van der Waals surface area contributed by atoms with Crippen LogP contribution in [-0.2, 0) is 11.8 Å². The largest absolute Gasteiger partial charge is 0.0964 e. The van der Waals surface area contributed by atoms with Crippen molar-refractivity contribution in [3.8, 4) is 0 Å². The molecule has 0 atom stereocenters. The molecule has 7 heavy (non-hydrogen) atoms. The minimum absolute atomic E-state index is 1.57. The van der Waals surface area contributed by atoms with Crippen LogP contribution < -0.4 is 0 Å². The van der Waals surface area contributed by atoms with Gasteiger partial charge < -0.3 is 0 Å². The van der Waals surface area contributed by atoms with Crippen LogP contribution in [0.2, 0.25) is 0 Å². The molecular formula is C4H6ClPS. The predicted molar refractivity (Wildman–Crippen MR) is 40.5 cm³/mol. The quantitative estimate of drug-likeness (QED) is 0.549. The zero-order valence-electron chi connectivity index (χ0n) is 3.80. The Bertz CT molecular complexity index is 118. The molecule has 0 saturated heterocycles. The first kappa shape index (κ1) is 7.42. The van der Waals surface area contributed by atoms with Crippen LogP contribution in [0.15, 0.2) is 24.8 Å². The minimum atomic E-state index is -1.82. The van der Waals surface area contributed by atoms with Gasteiger partial charge in [-0.15, -0.1) is 0 Å². The maximum Gasteiger partial charge on any atom is 0.0782 e. The topological polar surface area (TPSA) is 0 Å². The lowest BCUT2D eigenvalue weighted by Gasteiger charge is -1.95. The molecule has 0 saturated carbocycles. The van der Waals surface area contributed by atoms with Crippen molar-refractivity contribution in [2.24, 2.45) is 0 Å². The normalized spacial score (nSPS) is 10.4. The Morgan fingerprint density at radius 1 is 1.43 bits per heavy atom. The van der Waals surface area contributed by atoms with E-state index in [1.54, 1.807) is 11.6 Å². The lowest BCUT2D eigenvalue weighted by molar-refractivity contribution is 2.51. The van der Waals surface area contributed by atoms with E-state index in [-0.39, 0.29) is 0 Å². The fourth-order valence-corrected chi connectivity index (χ4v) is 0.224. The second-order valence-corrected chi connectivity index (χ2v) is 7.06. The Balaban J connectivity index is 4.13. The molecule has 0 aromatic heterocycles. The molecule has 0 aromatic rings. The molecule has 0 fully saturated rings. The number of rotatable bonds is 2. The van der Waals surface area contributed by atoms with E-state index in [0.29, 0.717) is 0 Å². The molecule has 0 rings (SSSR count). The summed E-state index contributed by atoms with van der Waals surface area (Å²) < 4.78 is 0. The molecule has 0 nitrogen and oxygen atoms in total. The Kier molecular flexibility index (Phi) is 2.82. The molecule has 0 heterocycles. The average molecular weight is 153 g/mol. The van der Waals surface area contributed by atoms with Gasteiger partial charge in [-0.3, -0.25) is 0 Å². The molecule has 3 heteroatoms. The van der Waals surface area contributed by atoms with Crippen LogP contribution in [0, 0.1) is 0 Å². The summed E-state index contributed by atoms with van der Waals surface area (Å²) in [6.07, 6.45) is 0. The Labute approximate surface area is 53.7 Å². The van der Waals surface area contributed by atoms with E-state index in [0.717, 1.165) is 0 Å². The number of hydrogen-bond acceptors (Lipinski definition) is 1. The minimum Gasteiger partial charge on any atom is -0.0964 e. The van der Waals surface area contributed by atoms with Gasteiger partial charge in [0.15, 0.2) is 0 Å². The van der Waals surface area contributed by atoms with Crippen LogP contribution in [0.4, 0.5) is 0 Å². The van der Waals surface area contributed by atoms with Gasteiger partial charge in [0.25, 0.3) is 0 Å². The molecule has 0 aromatic carbocycles. The van der Waals surface area contributed by atoms with Gasteiger partial charge in [0.2, 0.25) is 0 Å². The number of hydrogen-bond donors (Lipinski definition) is 0. The third kappa shape index (κ3) is 3.04. The summed E-state index contributed by atoms with van der Waals surface area (Å²) in [5.41, 5.74) is 0. The standard InChI is InChI=1S/C4H6ClPS/c1-3-6(5,7)4-2/h3-4H,1-2H2. The molecule has 0 bridgehead atoms. The summed E-state index contributed by atoms with van der Waals surface area (Å²) in [5, 5.41) is -1.82. The molecule has 0 aliphatic rings. The van der Waals surface area contributed by atoms with Gasteiger partial charge in [-0.1, -0.05) is 36.2 Å².